The van der Waals surface area contributed by atoms with Crippen LogP contribution in [0.1, 0.15) is 29.1 Å². The molecule has 2 aromatic rings. The van der Waals surface area contributed by atoms with E-state index in [0.29, 0.717) is 6.08 Å². The maximum Gasteiger partial charge on any atom is 0.338 e. The van der Waals surface area contributed by atoms with E-state index in [0.717, 1.165) is 9.98 Å². The number of carboxylic acid groups (broad SMARTS) is 1. The third-order valence-corrected chi connectivity index (χ3v) is 7.12. The molecule has 2 N–H and O–H groups in total. The summed E-state index contributed by atoms with van der Waals surface area (Å²) in [5.41, 5.74) is -2.62. The molecular formula is C23H22N2O8S. The molecule has 0 aliphatic carbocycles. The van der Waals surface area contributed by atoms with E-state index in [1.165, 1.54) is 13.1 Å². The fourth-order valence-electron chi connectivity index (χ4n) is 3.76. The zero-order valence-corrected chi connectivity index (χ0v) is 19.1. The minimum absolute atomic E-state index is 0.229. The molecule has 1 aliphatic heterocycles. The van der Waals surface area contributed by atoms with Gasteiger partial charge in [-0.15, -0.1) is 6.42 Å². The van der Waals surface area contributed by atoms with Crippen LogP contribution in [0.15, 0.2) is 57.6 Å². The normalized spacial score (nSPS) is 25.1. The maximum atomic E-state index is 13.1. The summed E-state index contributed by atoms with van der Waals surface area (Å²) in [5, 5.41) is 8.85. The Kier molecular flexibility index (Phi) is 7.46. The number of ether oxygens (including phenoxy) is 2. The number of carboxylic acids is 1. The molecule has 3 rings (SSSR count). The molecule has 10 nitrogen and oxygen atoms in total. The second kappa shape index (κ2) is 10.1. The number of hydrogen-bond acceptors (Lipinski definition) is 7. The van der Waals surface area contributed by atoms with Crippen LogP contribution in [0.5, 0.6) is 0 Å². The van der Waals surface area contributed by atoms with E-state index in [2.05, 4.69) is 10.9 Å². The summed E-state index contributed by atoms with van der Waals surface area (Å²) in [7, 11) is 0. The smallest absolute Gasteiger partial charge is 0.338 e. The van der Waals surface area contributed by atoms with Crippen molar-refractivity contribution in [1.29, 1.82) is 0 Å². The van der Waals surface area contributed by atoms with Gasteiger partial charge in [0.05, 0.1) is 17.6 Å². The van der Waals surface area contributed by atoms with Gasteiger partial charge in [0.2, 0.25) is 5.60 Å². The lowest BCUT2D eigenvalue weighted by atomic mass is 9.95. The molecule has 178 valence electrons. The fourth-order valence-corrected chi connectivity index (χ4v) is 5.31. The van der Waals surface area contributed by atoms with Gasteiger partial charge >= 0.3 is 17.6 Å². The Bertz CT molecular complexity index is 1260. The van der Waals surface area contributed by atoms with Gasteiger partial charge in [0, 0.05) is 11.8 Å². The highest BCUT2D eigenvalue weighted by Crippen LogP contribution is 2.45. The minimum atomic E-state index is -1.99. The highest BCUT2D eigenvalue weighted by atomic mass is 32.2. The van der Waals surface area contributed by atoms with Gasteiger partial charge in [0.25, 0.3) is 5.56 Å². The Morgan fingerprint density at radius 1 is 1.38 bits per heavy atom. The van der Waals surface area contributed by atoms with Crippen LogP contribution in [-0.4, -0.2) is 48.6 Å². The van der Waals surface area contributed by atoms with Gasteiger partial charge in [0.15, 0.2) is 5.25 Å². The first-order chi connectivity index (χ1) is 16.1. The van der Waals surface area contributed by atoms with Gasteiger partial charge < -0.3 is 19.1 Å². The Hall–Kier alpha value is -3.59. The van der Waals surface area contributed by atoms with Crippen molar-refractivity contribution in [1.82, 2.24) is 9.55 Å². The van der Waals surface area contributed by atoms with E-state index in [-0.39, 0.29) is 11.1 Å². The van der Waals surface area contributed by atoms with Crippen LogP contribution in [0.25, 0.3) is 0 Å². The van der Waals surface area contributed by atoms with Crippen molar-refractivity contribution >= 4 is 23.1 Å². The topological polar surface area (TPSA) is 151 Å². The Morgan fingerprint density at radius 2 is 2.06 bits per heavy atom. The van der Waals surface area contributed by atoms with Gasteiger partial charge in [-0.2, -0.15) is 0 Å². The largest absolute Gasteiger partial charge is 0.612 e. The summed E-state index contributed by atoms with van der Waals surface area (Å²) in [6.07, 6.45) is 6.71. The number of nitrogens with one attached hydrogen (secondary N) is 1. The van der Waals surface area contributed by atoms with Crippen LogP contribution in [-0.2, 0) is 25.4 Å². The van der Waals surface area contributed by atoms with Gasteiger partial charge in [-0.25, -0.2) is 14.4 Å². The Balaban J connectivity index is 2.01. The van der Waals surface area contributed by atoms with Crippen LogP contribution in [0.4, 0.5) is 0 Å². The number of hydrogen-bond donors (Lipinski definition) is 2. The van der Waals surface area contributed by atoms with Crippen LogP contribution in [0, 0.1) is 25.2 Å². The second-order valence-corrected chi connectivity index (χ2v) is 9.15. The minimum Gasteiger partial charge on any atom is -0.612 e. The van der Waals surface area contributed by atoms with E-state index >= 15 is 0 Å². The molecule has 1 fully saturated rings. The molecule has 5 atom stereocenters. The number of terminal acetylenes is 1. The molecule has 0 spiro atoms. The monoisotopic (exact) mass is 486 g/mol. The average Bonchev–Trinajstić information content (AvgIpc) is 3.11. The van der Waals surface area contributed by atoms with Crippen molar-refractivity contribution in [3.8, 4) is 12.3 Å². The summed E-state index contributed by atoms with van der Waals surface area (Å²) < 4.78 is 25.7. The second-order valence-electron chi connectivity index (χ2n) is 7.71. The van der Waals surface area contributed by atoms with Crippen LogP contribution in [0.2, 0.25) is 0 Å². The lowest BCUT2D eigenvalue weighted by Crippen LogP contribution is -2.48. The average molecular weight is 487 g/mol. The predicted molar refractivity (Wildman–Crippen MR) is 122 cm³/mol. The number of esters is 1. The number of benzene rings is 1. The first-order valence-electron chi connectivity index (χ1n) is 10.1. The number of aliphatic carboxylic acids is 1. The summed E-state index contributed by atoms with van der Waals surface area (Å²) in [4.78, 5) is 49.9. The first kappa shape index (κ1) is 25.0. The molecule has 1 unspecified atom stereocenters. The zero-order valence-electron chi connectivity index (χ0n) is 18.3. The third kappa shape index (κ3) is 4.99. The number of rotatable bonds is 7. The van der Waals surface area contributed by atoms with Crippen molar-refractivity contribution in [3.05, 3.63) is 80.0 Å². The predicted octanol–water partition coefficient (Wildman–Crippen LogP) is 0.955. The number of nitrogens with zero attached hydrogens (tertiary/aromatic N) is 1. The van der Waals surface area contributed by atoms with Crippen molar-refractivity contribution in [2.24, 2.45) is 5.92 Å². The number of aryl methyl sites for hydroxylation is 1. The molecule has 1 aliphatic rings. The summed E-state index contributed by atoms with van der Waals surface area (Å²) >= 11 is -1.99. The molecule has 0 bridgehead atoms. The van der Waals surface area contributed by atoms with Crippen LogP contribution in [0.3, 0.4) is 0 Å². The molecule has 0 saturated carbocycles. The van der Waals surface area contributed by atoms with Gasteiger partial charge in [-0.05, 0) is 30.2 Å². The highest BCUT2D eigenvalue weighted by Gasteiger charge is 2.60. The zero-order chi connectivity index (χ0) is 25.0. The van der Waals surface area contributed by atoms with E-state index in [4.69, 9.17) is 21.0 Å². The lowest BCUT2D eigenvalue weighted by Gasteiger charge is -2.29. The number of aromatic amines is 1. The van der Waals surface area contributed by atoms with Crippen molar-refractivity contribution < 1.29 is 28.7 Å². The Labute approximate surface area is 197 Å². The summed E-state index contributed by atoms with van der Waals surface area (Å²) in [6.45, 7) is 2.61. The number of aromatic nitrogens is 2. The molecule has 0 amide bonds. The van der Waals surface area contributed by atoms with E-state index < -0.39 is 64.0 Å². The van der Waals surface area contributed by atoms with E-state index in [9.17, 15) is 23.7 Å². The lowest BCUT2D eigenvalue weighted by molar-refractivity contribution is -0.131. The molecule has 1 saturated heterocycles. The van der Waals surface area contributed by atoms with Crippen molar-refractivity contribution in [2.75, 3.05) is 6.61 Å². The van der Waals surface area contributed by atoms with E-state index in [1.807, 2.05) is 0 Å². The summed E-state index contributed by atoms with van der Waals surface area (Å²) in [6, 6.07) is 8.11. The molecule has 2 heterocycles. The molecular weight excluding hydrogens is 464 g/mol. The molecule has 1 aromatic carbocycles. The molecule has 11 heteroatoms. The quantitative estimate of drug-likeness (QED) is 0.254. The van der Waals surface area contributed by atoms with Crippen LogP contribution < -0.4 is 11.2 Å². The third-order valence-electron chi connectivity index (χ3n) is 5.40. The SMILES string of the molecule is C#C[C@]1(COC(=O)c2ccccc2)O[C@@H](n2cc(C)c(=O)[nH]c2=O)[C@@H](C)[C@H]1[S+]([O-])/C=C/C(=O)O. The van der Waals surface area contributed by atoms with Crippen molar-refractivity contribution in [2.45, 2.75) is 30.9 Å². The van der Waals surface area contributed by atoms with Gasteiger partial charge in [0.1, 0.15) is 18.2 Å². The number of H-pyrrole nitrogens is 1. The maximum absolute atomic E-state index is 13.1. The number of carbonyl (C=O) groups is 2. The molecule has 34 heavy (non-hydrogen) atoms. The first-order valence-corrected chi connectivity index (χ1v) is 11.4. The Morgan fingerprint density at radius 3 is 2.68 bits per heavy atom. The molecule has 0 radical (unpaired) electrons. The standard InChI is InChI=1S/C23H22N2O8S/c1-4-23(13-32-21(29)16-8-6-5-7-9-16)18(34(31)11-10-17(26)27)15(3)20(33-23)25-12-14(2)19(28)24-22(25)30/h1,5-12,15,18,20H,13H2,2-3H3,(H,26,27)(H,24,28,30)/b11-10+/t15-,18+,20+,23+,34?/m0/s1. The fraction of sp³-hybridized carbons (Fsp3) is 0.304. The molecule has 1 aromatic heterocycles. The van der Waals surface area contributed by atoms with Gasteiger partial charge in [-0.1, -0.05) is 31.0 Å². The number of carbonyl (C=O) groups excluding carboxylic acids is 1. The highest BCUT2D eigenvalue weighted by molar-refractivity contribution is 7.95. The van der Waals surface area contributed by atoms with Gasteiger partial charge in [-0.3, -0.25) is 14.3 Å². The van der Waals surface area contributed by atoms with Crippen molar-refractivity contribution in [3.63, 3.8) is 0 Å². The van der Waals surface area contributed by atoms with E-state index in [1.54, 1.807) is 37.3 Å². The summed E-state index contributed by atoms with van der Waals surface area (Å²) in [5.74, 6) is -0.308. The van der Waals surface area contributed by atoms with Crippen LogP contribution >= 0.6 is 0 Å².